The Morgan fingerprint density at radius 1 is 0.783 bits per heavy atom. The van der Waals surface area contributed by atoms with Gasteiger partial charge in [-0.2, -0.15) is 9.29 Å². The molecule has 2 unspecified atom stereocenters. The number of phosphoric ester groups is 2. The summed E-state index contributed by atoms with van der Waals surface area (Å²) in [6.07, 6.45) is 27.0. The van der Waals surface area contributed by atoms with E-state index in [0.717, 1.165) is 80.9 Å². The number of nitrogen functional groups attached to an aromatic ring is 1. The zero-order valence-corrected chi connectivity index (χ0v) is 42.7. The lowest BCUT2D eigenvalue weighted by Gasteiger charge is -2.21. The molecule has 0 bridgehead atoms. The summed E-state index contributed by atoms with van der Waals surface area (Å²) in [6.45, 7) is 4.20. The van der Waals surface area contributed by atoms with E-state index in [2.05, 4.69) is 48.3 Å². The van der Waals surface area contributed by atoms with Crippen molar-refractivity contribution in [1.82, 2.24) is 9.55 Å². The zero-order valence-electron chi connectivity index (χ0n) is 40.9. The van der Waals surface area contributed by atoms with Crippen LogP contribution in [0.25, 0.3) is 0 Å². The molecular weight excluding hydrogens is 936 g/mol. The predicted molar refractivity (Wildman–Crippen MR) is 262 cm³/mol. The molecule has 0 spiro atoms. The SMILES string of the molecule is CCCC[C@H](O)/C=C\C/C=C\C/C=C\C/C=C\CCCC(=O)OC[C@H](COP(=O)(O)OP(=O)(O)OC[C@H]1O[C@@H](n2ccc(N)nc2=O)[C@H](O)[C@@H]1O)OC(=O)CCCCCCCCCCCCC(C)C. The largest absolute Gasteiger partial charge is 0.481 e. The molecule has 1 aromatic heterocycles. The van der Waals surface area contributed by atoms with E-state index in [-0.39, 0.29) is 24.8 Å². The molecular formula is C48H81N3O16P2. The lowest BCUT2D eigenvalue weighted by Crippen LogP contribution is -2.36. The van der Waals surface area contributed by atoms with Gasteiger partial charge >= 0.3 is 33.3 Å². The molecule has 2 heterocycles. The first-order chi connectivity index (χ1) is 32.9. The highest BCUT2D eigenvalue weighted by Crippen LogP contribution is 2.60. The van der Waals surface area contributed by atoms with Crippen molar-refractivity contribution in [2.45, 2.75) is 192 Å². The summed E-state index contributed by atoms with van der Waals surface area (Å²) in [4.78, 5) is 61.8. The van der Waals surface area contributed by atoms with Crippen LogP contribution in [-0.2, 0) is 46.3 Å². The Bertz CT molecular complexity index is 1870. The fraction of sp³-hybridized carbons (Fsp3) is 0.708. The van der Waals surface area contributed by atoms with Gasteiger partial charge in [-0.05, 0) is 56.9 Å². The summed E-state index contributed by atoms with van der Waals surface area (Å²) in [5.74, 6) is -0.651. The topological polar surface area (TPSA) is 286 Å². The van der Waals surface area contributed by atoms with Crippen molar-refractivity contribution >= 4 is 33.4 Å². The Morgan fingerprint density at radius 2 is 1.36 bits per heavy atom. The van der Waals surface area contributed by atoms with E-state index >= 15 is 0 Å². The van der Waals surface area contributed by atoms with Crippen LogP contribution in [0.15, 0.2) is 65.7 Å². The molecule has 2 rings (SSSR count). The minimum absolute atomic E-state index is 0.0300. The number of unbranched alkanes of at least 4 members (excludes halogenated alkanes) is 11. The van der Waals surface area contributed by atoms with Gasteiger partial charge in [0, 0.05) is 19.0 Å². The normalized spacial score (nSPS) is 20.3. The van der Waals surface area contributed by atoms with Gasteiger partial charge in [0.25, 0.3) is 0 Å². The summed E-state index contributed by atoms with van der Waals surface area (Å²) < 4.78 is 56.6. The molecule has 0 aliphatic carbocycles. The van der Waals surface area contributed by atoms with Crippen molar-refractivity contribution < 1.29 is 71.4 Å². The second-order valence-electron chi connectivity index (χ2n) is 17.6. The second kappa shape index (κ2) is 35.7. The number of carbonyl (C=O) groups excluding carboxylic acids is 2. The van der Waals surface area contributed by atoms with E-state index in [1.807, 2.05) is 30.4 Å². The molecule has 1 aliphatic heterocycles. The minimum atomic E-state index is -5.44. The van der Waals surface area contributed by atoms with Gasteiger partial charge in [0.1, 0.15) is 30.7 Å². The number of allylic oxidation sites excluding steroid dienone is 7. The summed E-state index contributed by atoms with van der Waals surface area (Å²) in [7, 11) is -10.9. The van der Waals surface area contributed by atoms with E-state index in [9.17, 15) is 48.6 Å². The number of hydrogen-bond donors (Lipinski definition) is 6. The zero-order chi connectivity index (χ0) is 50.9. The maximum absolute atomic E-state index is 12.8. The number of aliphatic hydroxyl groups excluding tert-OH is 3. The third kappa shape index (κ3) is 29.6. The van der Waals surface area contributed by atoms with Crippen molar-refractivity contribution in [3.05, 3.63) is 71.4 Å². The van der Waals surface area contributed by atoms with Crippen LogP contribution in [0.4, 0.5) is 5.82 Å². The first-order valence-electron chi connectivity index (χ1n) is 24.6. The number of phosphoric acid groups is 2. The molecule has 7 N–H and O–H groups in total. The number of hydrogen-bond acceptors (Lipinski definition) is 16. The number of carbonyl (C=O) groups is 2. The number of aromatic nitrogens is 2. The first-order valence-corrected chi connectivity index (χ1v) is 27.6. The summed E-state index contributed by atoms with van der Waals surface area (Å²) >= 11 is 0. The first kappa shape index (κ1) is 61.8. The highest BCUT2D eigenvalue weighted by Gasteiger charge is 2.46. The highest BCUT2D eigenvalue weighted by molar-refractivity contribution is 7.61. The van der Waals surface area contributed by atoms with Crippen LogP contribution in [0.3, 0.4) is 0 Å². The molecule has 8 atom stereocenters. The van der Waals surface area contributed by atoms with Gasteiger partial charge in [-0.15, -0.1) is 0 Å². The van der Waals surface area contributed by atoms with Gasteiger partial charge in [0.15, 0.2) is 12.3 Å². The monoisotopic (exact) mass is 1020 g/mol. The van der Waals surface area contributed by atoms with Gasteiger partial charge in [-0.3, -0.25) is 23.2 Å². The highest BCUT2D eigenvalue weighted by atomic mass is 31.3. The molecule has 0 saturated carbocycles. The Hall–Kier alpha value is -3.32. The van der Waals surface area contributed by atoms with Gasteiger partial charge in [-0.1, -0.05) is 146 Å². The quantitative estimate of drug-likeness (QED) is 0.0156. The van der Waals surface area contributed by atoms with E-state index in [1.165, 1.54) is 44.6 Å². The number of esters is 2. The van der Waals surface area contributed by atoms with Gasteiger partial charge in [0.05, 0.1) is 19.3 Å². The summed E-state index contributed by atoms with van der Waals surface area (Å²) in [6, 6.07) is 1.24. The van der Waals surface area contributed by atoms with Crippen LogP contribution in [0.1, 0.15) is 162 Å². The average Bonchev–Trinajstić information content (AvgIpc) is 3.57. The molecule has 0 amide bonds. The second-order valence-corrected chi connectivity index (χ2v) is 20.7. The number of aliphatic hydroxyl groups is 3. The van der Waals surface area contributed by atoms with E-state index in [1.54, 1.807) is 0 Å². The third-order valence-corrected chi connectivity index (χ3v) is 13.5. The summed E-state index contributed by atoms with van der Waals surface area (Å²) in [5, 5.41) is 30.7. The Morgan fingerprint density at radius 3 is 1.99 bits per heavy atom. The van der Waals surface area contributed by atoms with Crippen molar-refractivity contribution in [1.29, 1.82) is 0 Å². The molecule has 1 aliphatic rings. The van der Waals surface area contributed by atoms with Gasteiger partial charge in [-0.25, -0.2) is 13.9 Å². The fourth-order valence-corrected chi connectivity index (χ4v) is 9.15. The lowest BCUT2D eigenvalue weighted by atomic mass is 10.0. The van der Waals surface area contributed by atoms with Crippen LogP contribution in [0, 0.1) is 5.92 Å². The molecule has 21 heteroatoms. The maximum Gasteiger partial charge on any atom is 0.481 e. The number of nitrogens with zero attached hydrogens (tertiary/aromatic N) is 2. The Kier molecular flexibility index (Phi) is 32.0. The van der Waals surface area contributed by atoms with E-state index in [4.69, 9.17) is 29.0 Å². The molecule has 0 radical (unpaired) electrons. The third-order valence-electron chi connectivity index (χ3n) is 10.9. The van der Waals surface area contributed by atoms with Crippen LogP contribution in [0.2, 0.25) is 0 Å². The van der Waals surface area contributed by atoms with Crippen molar-refractivity contribution in [3.63, 3.8) is 0 Å². The number of rotatable bonds is 39. The van der Waals surface area contributed by atoms with E-state index in [0.29, 0.717) is 19.3 Å². The number of anilines is 1. The van der Waals surface area contributed by atoms with Crippen LogP contribution < -0.4 is 11.4 Å². The van der Waals surface area contributed by atoms with E-state index < -0.39 is 83.7 Å². The predicted octanol–water partition coefficient (Wildman–Crippen LogP) is 8.60. The van der Waals surface area contributed by atoms with Crippen molar-refractivity contribution in [2.75, 3.05) is 25.6 Å². The smallest absolute Gasteiger partial charge is 0.462 e. The van der Waals surface area contributed by atoms with Crippen LogP contribution in [-0.4, -0.2) is 96.9 Å². The standard InChI is InChI=1S/C48H81N3O16P2/c1-4-5-29-39(52)30-25-21-17-13-8-6-7-9-14-18-22-26-31-43(53)62-35-40(65-44(54)32-27-23-19-15-11-10-12-16-20-24-28-38(2)3)36-63-68(58,59)67-69(60,61)64-37-41-45(55)46(56)47(66-41)51-34-33-42(49)50-48(51)57/h6-7,13-14,17-18,25,30,33-34,38-41,45-47,52,55-56H,4-5,8-12,15-16,19-24,26-29,31-32,35-37H2,1-3H3,(H,58,59)(H,60,61)(H2,49,50,57)/b7-6-,17-13-,18-14-,30-25-/t39-,40+,41+,45+,46+,47+/m0/s1. The van der Waals surface area contributed by atoms with Crippen molar-refractivity contribution in [3.8, 4) is 0 Å². The fourth-order valence-electron chi connectivity index (χ4n) is 7.04. The van der Waals surface area contributed by atoms with Crippen LogP contribution in [0.5, 0.6) is 0 Å². The Balaban J connectivity index is 1.84. The summed E-state index contributed by atoms with van der Waals surface area (Å²) in [5.41, 5.74) is 4.57. The minimum Gasteiger partial charge on any atom is -0.462 e. The average molecular weight is 1020 g/mol. The van der Waals surface area contributed by atoms with Gasteiger partial charge < -0.3 is 45.1 Å². The molecule has 1 saturated heterocycles. The number of ether oxygens (including phenoxy) is 3. The molecule has 19 nitrogen and oxygen atoms in total. The van der Waals surface area contributed by atoms with Gasteiger partial charge in [0.2, 0.25) is 0 Å². The molecule has 394 valence electrons. The molecule has 1 fully saturated rings. The van der Waals surface area contributed by atoms with Crippen LogP contribution >= 0.6 is 15.6 Å². The maximum atomic E-state index is 12.8. The molecule has 1 aromatic rings. The molecule has 0 aromatic carbocycles. The van der Waals surface area contributed by atoms with Crippen molar-refractivity contribution in [2.24, 2.45) is 5.92 Å². The molecule has 69 heavy (non-hydrogen) atoms. The number of nitrogens with two attached hydrogens (primary N) is 1. The lowest BCUT2D eigenvalue weighted by molar-refractivity contribution is -0.161. The Labute approximate surface area is 408 Å².